The van der Waals surface area contributed by atoms with Crippen molar-refractivity contribution in [2.45, 2.75) is 60.0 Å². The Morgan fingerprint density at radius 3 is 2.32 bits per heavy atom. The average molecular weight is 267 g/mol. The lowest BCUT2D eigenvalue weighted by Crippen LogP contribution is -2.40. The van der Waals surface area contributed by atoms with E-state index in [4.69, 9.17) is 4.74 Å². The fourth-order valence-corrected chi connectivity index (χ4v) is 4.13. The molecular weight excluding hydrogens is 238 g/mol. The summed E-state index contributed by atoms with van der Waals surface area (Å²) in [4.78, 5) is 14.2. The fraction of sp³-hybridized carbons (Fsp3) is 0.938. The van der Waals surface area contributed by atoms with E-state index in [0.29, 0.717) is 12.0 Å². The van der Waals surface area contributed by atoms with Crippen LogP contribution < -0.4 is 0 Å². The molecule has 0 aliphatic heterocycles. The molecule has 0 aromatic rings. The van der Waals surface area contributed by atoms with Gasteiger partial charge in [-0.3, -0.25) is 9.69 Å². The molecule has 3 nitrogen and oxygen atoms in total. The quantitative estimate of drug-likeness (QED) is 0.717. The number of likely N-dealkylation sites (N-methyl/N-ethyl adjacent to an activating group) is 1. The minimum absolute atomic E-state index is 0.0433. The normalized spacial score (nSPS) is 35.9. The number of nitrogens with zero attached hydrogens (tertiary/aromatic N) is 1. The van der Waals surface area contributed by atoms with Crippen molar-refractivity contribution in [3.63, 3.8) is 0 Å². The highest BCUT2D eigenvalue weighted by Gasteiger charge is 2.62. The summed E-state index contributed by atoms with van der Waals surface area (Å²) in [7, 11) is 0. The lowest BCUT2D eigenvalue weighted by molar-refractivity contribution is -0.158. The highest BCUT2D eigenvalue weighted by Crippen LogP contribution is 2.66. The summed E-state index contributed by atoms with van der Waals surface area (Å²) in [5, 5.41) is 0. The number of hydrogen-bond donors (Lipinski definition) is 0. The monoisotopic (exact) mass is 267 g/mol. The molecule has 3 atom stereocenters. The van der Waals surface area contributed by atoms with E-state index in [0.717, 1.165) is 25.4 Å². The second-order valence-corrected chi connectivity index (χ2v) is 7.05. The topological polar surface area (TPSA) is 29.5 Å². The Morgan fingerprint density at radius 2 is 1.89 bits per heavy atom. The molecule has 0 radical (unpaired) electrons. The molecule has 110 valence electrons. The minimum atomic E-state index is -0.0433. The number of esters is 1. The zero-order valence-electron chi connectivity index (χ0n) is 13.2. The Labute approximate surface area is 117 Å². The summed E-state index contributed by atoms with van der Waals surface area (Å²) < 4.78 is 5.84. The van der Waals surface area contributed by atoms with Crippen molar-refractivity contribution in [1.29, 1.82) is 0 Å². The van der Waals surface area contributed by atoms with E-state index in [9.17, 15) is 4.79 Å². The summed E-state index contributed by atoms with van der Waals surface area (Å²) in [5.74, 6) is 0.682. The van der Waals surface area contributed by atoms with Crippen LogP contribution in [0.3, 0.4) is 0 Å². The van der Waals surface area contributed by atoms with Crippen LogP contribution >= 0.6 is 0 Å². The van der Waals surface area contributed by atoms with Crippen LogP contribution in [0.25, 0.3) is 0 Å². The molecule has 0 heterocycles. The first-order chi connectivity index (χ1) is 8.85. The zero-order chi connectivity index (χ0) is 14.3. The summed E-state index contributed by atoms with van der Waals surface area (Å²) in [5.41, 5.74) is 0.490. The molecule has 0 amide bonds. The number of carbonyl (C=O) groups excluding carboxylic acids is 1. The molecule has 0 aromatic carbocycles. The van der Waals surface area contributed by atoms with Crippen LogP contribution in [-0.4, -0.2) is 36.6 Å². The highest BCUT2D eigenvalue weighted by atomic mass is 16.5. The first-order valence-corrected chi connectivity index (χ1v) is 7.77. The molecule has 2 bridgehead atoms. The second kappa shape index (κ2) is 5.08. The van der Waals surface area contributed by atoms with E-state index in [-0.39, 0.29) is 17.5 Å². The van der Waals surface area contributed by atoms with Crippen molar-refractivity contribution in [3.8, 4) is 0 Å². The van der Waals surface area contributed by atoms with Crippen LogP contribution in [-0.2, 0) is 9.53 Å². The molecule has 0 saturated heterocycles. The molecule has 0 N–H and O–H groups in total. The van der Waals surface area contributed by atoms with Gasteiger partial charge in [-0.15, -0.1) is 0 Å². The van der Waals surface area contributed by atoms with Crippen molar-refractivity contribution in [2.75, 3.05) is 19.6 Å². The molecule has 0 unspecified atom stereocenters. The average Bonchev–Trinajstić information content (AvgIpc) is 2.69. The number of fused-ring (bicyclic) bond motifs is 2. The molecule has 2 fully saturated rings. The molecule has 2 rings (SSSR count). The van der Waals surface area contributed by atoms with Crippen molar-refractivity contribution >= 4 is 5.97 Å². The molecule has 2 aliphatic carbocycles. The second-order valence-electron chi connectivity index (χ2n) is 7.05. The van der Waals surface area contributed by atoms with Gasteiger partial charge in [0, 0.05) is 5.41 Å². The Kier molecular flexibility index (Phi) is 3.97. The molecule has 0 spiro atoms. The van der Waals surface area contributed by atoms with Gasteiger partial charge in [-0.2, -0.15) is 0 Å². The van der Waals surface area contributed by atoms with Crippen molar-refractivity contribution in [3.05, 3.63) is 0 Å². The summed E-state index contributed by atoms with van der Waals surface area (Å²) in [6.07, 6.45) is 3.69. The number of rotatable bonds is 5. The first kappa shape index (κ1) is 14.8. The van der Waals surface area contributed by atoms with Gasteiger partial charge >= 0.3 is 5.97 Å². The number of hydrogen-bond acceptors (Lipinski definition) is 3. The maximum absolute atomic E-state index is 12.1. The molecular formula is C16H29NO2. The van der Waals surface area contributed by atoms with Crippen LogP contribution in [0.1, 0.15) is 53.9 Å². The highest BCUT2D eigenvalue weighted by molar-refractivity contribution is 5.72. The molecule has 3 heteroatoms. The van der Waals surface area contributed by atoms with E-state index in [1.165, 1.54) is 12.8 Å². The summed E-state index contributed by atoms with van der Waals surface area (Å²) in [6.45, 7) is 13.4. The lowest BCUT2D eigenvalue weighted by Gasteiger charge is -2.38. The van der Waals surface area contributed by atoms with Gasteiger partial charge in [0.05, 0.1) is 6.54 Å². The van der Waals surface area contributed by atoms with Crippen LogP contribution in [0.4, 0.5) is 0 Å². The molecule has 19 heavy (non-hydrogen) atoms. The van der Waals surface area contributed by atoms with Crippen LogP contribution in [0.15, 0.2) is 0 Å². The van der Waals surface area contributed by atoms with Crippen LogP contribution in [0.5, 0.6) is 0 Å². The standard InChI is InChI=1S/C16H29NO2/c1-6-17(7-2)11-14(18)19-13-10-12-8-9-16(13,5)15(12,3)4/h12-13H,6-11H2,1-5H3/t12-,13-,16+/m0/s1. The third-order valence-corrected chi connectivity index (χ3v) is 6.23. The van der Waals surface area contributed by atoms with E-state index >= 15 is 0 Å². The molecule has 2 saturated carbocycles. The lowest BCUT2D eigenvalue weighted by atomic mass is 9.70. The van der Waals surface area contributed by atoms with Crippen molar-refractivity contribution < 1.29 is 9.53 Å². The van der Waals surface area contributed by atoms with E-state index < -0.39 is 0 Å². The SMILES string of the molecule is CCN(CC)CC(=O)O[C@H]1C[C@@H]2CC[C@@]1(C)C2(C)C. The number of ether oxygens (including phenoxy) is 1. The Morgan fingerprint density at radius 1 is 1.26 bits per heavy atom. The third kappa shape index (κ3) is 2.31. The van der Waals surface area contributed by atoms with Gasteiger partial charge in [0.15, 0.2) is 0 Å². The van der Waals surface area contributed by atoms with Crippen molar-refractivity contribution in [2.24, 2.45) is 16.7 Å². The largest absolute Gasteiger partial charge is 0.461 e. The fourth-order valence-electron chi connectivity index (χ4n) is 4.13. The third-order valence-electron chi connectivity index (χ3n) is 6.23. The molecule has 2 aliphatic rings. The smallest absolute Gasteiger partial charge is 0.320 e. The van der Waals surface area contributed by atoms with Gasteiger partial charge in [-0.1, -0.05) is 34.6 Å². The van der Waals surface area contributed by atoms with Gasteiger partial charge < -0.3 is 4.74 Å². The zero-order valence-corrected chi connectivity index (χ0v) is 13.2. The van der Waals surface area contributed by atoms with E-state index in [2.05, 4.69) is 39.5 Å². The van der Waals surface area contributed by atoms with Gasteiger partial charge in [-0.05, 0) is 43.7 Å². The predicted molar refractivity (Wildman–Crippen MR) is 76.9 cm³/mol. The predicted octanol–water partition coefficient (Wildman–Crippen LogP) is 3.09. The maximum atomic E-state index is 12.1. The Balaban J connectivity index is 1.96. The van der Waals surface area contributed by atoms with E-state index in [1.807, 2.05) is 0 Å². The Bertz CT molecular complexity index is 349. The van der Waals surface area contributed by atoms with Gasteiger partial charge in [0.2, 0.25) is 0 Å². The van der Waals surface area contributed by atoms with E-state index in [1.54, 1.807) is 0 Å². The summed E-state index contributed by atoms with van der Waals surface area (Å²) >= 11 is 0. The molecule has 0 aromatic heterocycles. The van der Waals surface area contributed by atoms with Crippen LogP contribution in [0, 0.1) is 16.7 Å². The number of carbonyl (C=O) groups is 1. The minimum Gasteiger partial charge on any atom is -0.461 e. The van der Waals surface area contributed by atoms with Gasteiger partial charge in [0.1, 0.15) is 6.10 Å². The Hall–Kier alpha value is -0.570. The first-order valence-electron chi connectivity index (χ1n) is 7.77. The van der Waals surface area contributed by atoms with Gasteiger partial charge in [0.25, 0.3) is 0 Å². The van der Waals surface area contributed by atoms with Crippen LogP contribution in [0.2, 0.25) is 0 Å². The van der Waals surface area contributed by atoms with Gasteiger partial charge in [-0.25, -0.2) is 0 Å². The van der Waals surface area contributed by atoms with Crippen molar-refractivity contribution in [1.82, 2.24) is 4.90 Å². The summed E-state index contributed by atoms with van der Waals surface area (Å²) in [6, 6.07) is 0. The maximum Gasteiger partial charge on any atom is 0.320 e.